The fourth-order valence-corrected chi connectivity index (χ4v) is 2.87. The fourth-order valence-electron chi connectivity index (χ4n) is 2.87. The van der Waals surface area contributed by atoms with Crippen LogP contribution in [-0.2, 0) is 11.2 Å². The summed E-state index contributed by atoms with van der Waals surface area (Å²) in [4.78, 5) is 31.6. The van der Waals surface area contributed by atoms with Crippen LogP contribution >= 0.6 is 0 Å². The molecule has 0 spiro atoms. The maximum Gasteiger partial charge on any atom is 0.340 e. The normalized spacial score (nSPS) is 13.6. The van der Waals surface area contributed by atoms with Gasteiger partial charge in [-0.3, -0.25) is 4.79 Å². The van der Waals surface area contributed by atoms with Crippen molar-refractivity contribution in [1.82, 2.24) is 9.97 Å². The third kappa shape index (κ3) is 1.96. The quantitative estimate of drug-likeness (QED) is 0.757. The number of hydrogen-bond donors (Lipinski definition) is 2. The molecule has 0 radical (unpaired) electrons. The van der Waals surface area contributed by atoms with Crippen molar-refractivity contribution < 1.29 is 23.5 Å². The van der Waals surface area contributed by atoms with Gasteiger partial charge in [0.1, 0.15) is 22.7 Å². The van der Waals surface area contributed by atoms with Crippen molar-refractivity contribution >= 4 is 34.5 Å². The van der Waals surface area contributed by atoms with Crippen LogP contribution in [0, 0.1) is 11.6 Å². The topological polar surface area (TPSA) is 86.3 Å². The number of aromatic nitrogens is 2. The highest BCUT2D eigenvalue weighted by atomic mass is 19.1. The van der Waals surface area contributed by atoms with E-state index in [2.05, 4.69) is 9.97 Å². The van der Waals surface area contributed by atoms with E-state index in [1.54, 1.807) is 0 Å². The van der Waals surface area contributed by atoms with Crippen LogP contribution in [0.1, 0.15) is 15.9 Å². The molecule has 2 heterocycles. The first kappa shape index (κ1) is 14.3. The van der Waals surface area contributed by atoms with Gasteiger partial charge in [0.25, 0.3) is 0 Å². The Bertz CT molecular complexity index is 1030. The van der Waals surface area contributed by atoms with Crippen molar-refractivity contribution in [3.63, 3.8) is 0 Å². The second kappa shape index (κ2) is 4.85. The molecule has 0 fully saturated rings. The molecule has 0 unspecified atom stereocenters. The zero-order valence-electron chi connectivity index (χ0n) is 12.0. The predicted molar refractivity (Wildman–Crippen MR) is 80.3 cm³/mol. The van der Waals surface area contributed by atoms with Gasteiger partial charge in [-0.05, 0) is 35.9 Å². The van der Waals surface area contributed by atoms with Crippen molar-refractivity contribution in [3.8, 4) is 0 Å². The van der Waals surface area contributed by atoms with Gasteiger partial charge in [-0.1, -0.05) is 0 Å². The number of anilines is 2. The maximum absolute atomic E-state index is 13.8. The number of nitrogens with zero attached hydrogens (tertiary/aromatic N) is 2. The second-order valence-electron chi connectivity index (χ2n) is 5.36. The van der Waals surface area contributed by atoms with E-state index in [1.807, 2.05) is 0 Å². The Kier molecular flexibility index (Phi) is 2.89. The minimum Gasteiger partial charge on any atom is -0.478 e. The van der Waals surface area contributed by atoms with Gasteiger partial charge in [0.05, 0.1) is 17.6 Å². The number of carboxylic acids is 1. The zero-order chi connectivity index (χ0) is 17.0. The van der Waals surface area contributed by atoms with Gasteiger partial charge in [0.15, 0.2) is 0 Å². The number of amides is 1. The number of fused-ring (bicyclic) bond motifs is 2. The van der Waals surface area contributed by atoms with Crippen molar-refractivity contribution in [2.45, 2.75) is 6.42 Å². The standard InChI is InChI=1S/C16H9F2N3O3/c17-8-1-4-11-7(5-8)6-12(22)21(11)16-19-10-3-2-9(18)13(15(23)24)14(10)20-16/h1-5H,6H2,(H,19,20)(H,23,24). The van der Waals surface area contributed by atoms with E-state index in [0.717, 1.165) is 6.07 Å². The molecule has 1 aliphatic heterocycles. The number of H-pyrrole nitrogens is 1. The van der Waals surface area contributed by atoms with E-state index >= 15 is 0 Å². The summed E-state index contributed by atoms with van der Waals surface area (Å²) in [6.07, 6.45) is 0.00425. The Morgan fingerprint density at radius 1 is 1.25 bits per heavy atom. The van der Waals surface area contributed by atoms with Crippen molar-refractivity contribution in [2.75, 3.05) is 4.90 Å². The molecular weight excluding hydrogens is 320 g/mol. The third-order valence-corrected chi connectivity index (χ3v) is 3.89. The summed E-state index contributed by atoms with van der Waals surface area (Å²) >= 11 is 0. The summed E-state index contributed by atoms with van der Waals surface area (Å²) in [5.41, 5.74) is 0.594. The number of carbonyl (C=O) groups excluding carboxylic acids is 1. The second-order valence-corrected chi connectivity index (χ2v) is 5.36. The Hall–Kier alpha value is -3.29. The first-order chi connectivity index (χ1) is 11.5. The Morgan fingerprint density at radius 3 is 2.79 bits per heavy atom. The lowest BCUT2D eigenvalue weighted by atomic mass is 10.1. The van der Waals surface area contributed by atoms with Gasteiger partial charge >= 0.3 is 5.97 Å². The average molecular weight is 329 g/mol. The number of nitrogens with one attached hydrogen (secondary N) is 1. The Balaban J connectivity index is 1.91. The Labute approximate surface area is 133 Å². The molecule has 0 bridgehead atoms. The van der Waals surface area contributed by atoms with Crippen LogP contribution in [0.2, 0.25) is 0 Å². The van der Waals surface area contributed by atoms with E-state index < -0.39 is 23.2 Å². The number of rotatable bonds is 2. The maximum atomic E-state index is 13.8. The molecule has 0 atom stereocenters. The molecule has 24 heavy (non-hydrogen) atoms. The van der Waals surface area contributed by atoms with E-state index in [4.69, 9.17) is 5.11 Å². The molecule has 6 nitrogen and oxygen atoms in total. The molecule has 8 heteroatoms. The fraction of sp³-hybridized carbons (Fsp3) is 0.0625. The van der Waals surface area contributed by atoms with Crippen LogP contribution < -0.4 is 4.90 Å². The number of aromatic amines is 1. The van der Waals surface area contributed by atoms with Gasteiger partial charge in [-0.25, -0.2) is 23.5 Å². The summed E-state index contributed by atoms with van der Waals surface area (Å²) in [6.45, 7) is 0. The number of benzene rings is 2. The number of aromatic carboxylic acids is 1. The third-order valence-electron chi connectivity index (χ3n) is 3.89. The molecule has 0 saturated carbocycles. The average Bonchev–Trinajstić information content (AvgIpc) is 3.05. The summed E-state index contributed by atoms with van der Waals surface area (Å²) in [6, 6.07) is 6.29. The van der Waals surface area contributed by atoms with Crippen LogP contribution in [0.15, 0.2) is 30.3 Å². The van der Waals surface area contributed by atoms with Crippen LogP contribution in [0.4, 0.5) is 20.4 Å². The summed E-state index contributed by atoms with van der Waals surface area (Å²) < 4.78 is 27.1. The zero-order valence-corrected chi connectivity index (χ0v) is 12.0. The highest BCUT2D eigenvalue weighted by molar-refractivity contribution is 6.08. The van der Waals surface area contributed by atoms with Gasteiger partial charge in [0.2, 0.25) is 11.9 Å². The van der Waals surface area contributed by atoms with Crippen LogP contribution in [-0.4, -0.2) is 27.0 Å². The minimum absolute atomic E-state index is 0.00425. The van der Waals surface area contributed by atoms with Crippen molar-refractivity contribution in [1.29, 1.82) is 0 Å². The van der Waals surface area contributed by atoms with Crippen molar-refractivity contribution in [2.24, 2.45) is 0 Å². The smallest absolute Gasteiger partial charge is 0.340 e. The number of carbonyl (C=O) groups is 2. The number of imidazole rings is 1. The number of halogens is 2. The first-order valence-corrected chi connectivity index (χ1v) is 6.98. The molecule has 2 N–H and O–H groups in total. The molecule has 1 aliphatic rings. The van der Waals surface area contributed by atoms with Gasteiger partial charge in [-0.15, -0.1) is 0 Å². The SMILES string of the molecule is O=C(O)c1c(F)ccc2[nH]c(N3C(=O)Cc4cc(F)ccc43)nc12. The van der Waals surface area contributed by atoms with E-state index in [1.165, 1.54) is 29.2 Å². The van der Waals surface area contributed by atoms with Crippen LogP contribution in [0.25, 0.3) is 11.0 Å². The molecule has 4 rings (SSSR count). The first-order valence-electron chi connectivity index (χ1n) is 6.98. The summed E-state index contributed by atoms with van der Waals surface area (Å²) in [5, 5.41) is 9.16. The van der Waals surface area contributed by atoms with E-state index in [0.29, 0.717) is 11.3 Å². The van der Waals surface area contributed by atoms with Crippen LogP contribution in [0.3, 0.4) is 0 Å². The molecule has 120 valence electrons. The Morgan fingerprint density at radius 2 is 2.04 bits per heavy atom. The van der Waals surface area contributed by atoms with E-state index in [9.17, 15) is 18.4 Å². The van der Waals surface area contributed by atoms with Gasteiger partial charge in [0, 0.05) is 0 Å². The number of carboxylic acid groups (broad SMARTS) is 1. The molecular formula is C16H9F2N3O3. The molecule has 0 aliphatic carbocycles. The summed E-state index contributed by atoms with van der Waals surface area (Å²) in [7, 11) is 0. The molecule has 2 aromatic carbocycles. The summed E-state index contributed by atoms with van der Waals surface area (Å²) in [5.74, 6) is -3.10. The minimum atomic E-state index is -1.45. The van der Waals surface area contributed by atoms with Crippen molar-refractivity contribution in [3.05, 3.63) is 53.1 Å². The lowest BCUT2D eigenvalue weighted by Gasteiger charge is -2.13. The van der Waals surface area contributed by atoms with E-state index in [-0.39, 0.29) is 29.3 Å². The monoisotopic (exact) mass is 329 g/mol. The predicted octanol–water partition coefficient (Wildman–Crippen LogP) is 2.76. The lowest BCUT2D eigenvalue weighted by molar-refractivity contribution is -0.116. The largest absolute Gasteiger partial charge is 0.478 e. The lowest BCUT2D eigenvalue weighted by Crippen LogP contribution is -2.21. The molecule has 0 saturated heterocycles. The molecule has 3 aromatic rings. The highest BCUT2D eigenvalue weighted by Gasteiger charge is 2.31. The van der Waals surface area contributed by atoms with Gasteiger partial charge in [-0.2, -0.15) is 0 Å². The van der Waals surface area contributed by atoms with Crippen LogP contribution in [0.5, 0.6) is 0 Å². The molecule has 1 aromatic heterocycles. The number of hydrogen-bond acceptors (Lipinski definition) is 3. The highest BCUT2D eigenvalue weighted by Crippen LogP contribution is 2.35. The van der Waals surface area contributed by atoms with Gasteiger partial charge < -0.3 is 10.1 Å². The molecule has 1 amide bonds.